The maximum atomic E-state index is 10.9. The molecule has 0 unspecified atom stereocenters. The summed E-state index contributed by atoms with van der Waals surface area (Å²) in [7, 11) is 0. The lowest BCUT2D eigenvalue weighted by Crippen LogP contribution is -1.88. The van der Waals surface area contributed by atoms with Crippen LogP contribution in [0.2, 0.25) is 0 Å². The largest absolute Gasteiger partial charge is 0.287 e. The van der Waals surface area contributed by atoms with Gasteiger partial charge in [0.15, 0.2) is 0 Å². The van der Waals surface area contributed by atoms with E-state index in [1.165, 1.54) is 52.4 Å². The van der Waals surface area contributed by atoms with Crippen molar-refractivity contribution >= 4 is 28.2 Å². The van der Waals surface area contributed by atoms with Crippen molar-refractivity contribution in [2.24, 2.45) is 0 Å². The van der Waals surface area contributed by atoms with E-state index in [1.54, 1.807) is 0 Å². The second kappa shape index (κ2) is 3.54. The first-order valence-corrected chi connectivity index (χ1v) is 5.84. The van der Waals surface area contributed by atoms with Crippen molar-refractivity contribution in [1.82, 2.24) is 0 Å². The van der Waals surface area contributed by atoms with E-state index in [-0.39, 0.29) is 4.06 Å². The van der Waals surface area contributed by atoms with E-state index in [9.17, 15) is 4.79 Å². The molecule has 0 saturated heterocycles. The van der Waals surface area contributed by atoms with Crippen molar-refractivity contribution in [3.63, 3.8) is 0 Å². The van der Waals surface area contributed by atoms with Gasteiger partial charge in [-0.1, -0.05) is 28.7 Å². The Morgan fingerprint density at radius 1 is 1.33 bits per heavy atom. The van der Waals surface area contributed by atoms with E-state index in [0.29, 0.717) is 0 Å². The average Bonchev–Trinajstić information content (AvgIpc) is 2.54. The van der Waals surface area contributed by atoms with Gasteiger partial charge in [0.2, 0.25) is 0 Å². The van der Waals surface area contributed by atoms with Gasteiger partial charge in [-0.3, -0.25) is 4.79 Å². The van der Waals surface area contributed by atoms with E-state index in [2.05, 4.69) is 6.08 Å². The summed E-state index contributed by atoms with van der Waals surface area (Å²) in [4.78, 5) is 12.1. The highest BCUT2D eigenvalue weighted by molar-refractivity contribution is 7.26. The number of hydrogen-bond donors (Lipinski definition) is 0. The molecule has 0 N–H and O–H groups in total. The van der Waals surface area contributed by atoms with Crippen molar-refractivity contribution in [2.75, 3.05) is 0 Å². The summed E-state index contributed by atoms with van der Waals surface area (Å²) in [5.41, 5.74) is 1.39. The Hall–Kier alpha value is -0.410. The van der Waals surface area contributed by atoms with E-state index in [4.69, 9.17) is 0 Å². The molecule has 0 atom stereocenters. The molecule has 64 valence electrons. The van der Waals surface area contributed by atoms with Gasteiger partial charge in [-0.25, -0.2) is 0 Å². The first-order chi connectivity index (χ1) is 5.86. The molecule has 0 aromatic carbocycles. The molecule has 1 aliphatic rings. The van der Waals surface area contributed by atoms with Crippen LogP contribution < -0.4 is 4.06 Å². The van der Waals surface area contributed by atoms with Crippen molar-refractivity contribution in [3.05, 3.63) is 25.2 Å². The highest BCUT2D eigenvalue weighted by Gasteiger charge is 2.07. The van der Waals surface area contributed by atoms with Gasteiger partial charge < -0.3 is 0 Å². The van der Waals surface area contributed by atoms with Crippen molar-refractivity contribution in [1.29, 1.82) is 0 Å². The molecule has 0 radical (unpaired) electrons. The molecule has 0 amide bonds. The van der Waals surface area contributed by atoms with Crippen LogP contribution in [0.4, 0.5) is 0 Å². The standard InChI is InChI=1S/C9H10OS2/c10-9-11-6-8(12-9)7-4-2-1-3-5-7/h4,6H,1-3,5H2. The summed E-state index contributed by atoms with van der Waals surface area (Å²) < 4.78 is 0.219. The Kier molecular flexibility index (Phi) is 2.42. The molecule has 0 spiro atoms. The normalized spacial score (nSPS) is 17.5. The van der Waals surface area contributed by atoms with Crippen LogP contribution in [0, 0.1) is 0 Å². The highest BCUT2D eigenvalue weighted by atomic mass is 32.2. The van der Waals surface area contributed by atoms with Crippen molar-refractivity contribution < 1.29 is 0 Å². The Bertz CT molecular complexity index is 345. The fourth-order valence-electron chi connectivity index (χ4n) is 1.44. The summed E-state index contributed by atoms with van der Waals surface area (Å²) >= 11 is 2.71. The molecule has 1 aromatic rings. The van der Waals surface area contributed by atoms with Crippen LogP contribution in [-0.4, -0.2) is 0 Å². The molecule has 0 fully saturated rings. The van der Waals surface area contributed by atoms with Crippen LogP contribution in [0.1, 0.15) is 30.6 Å². The smallest absolute Gasteiger partial charge is 0.265 e. The van der Waals surface area contributed by atoms with Crippen LogP contribution >= 0.6 is 22.7 Å². The van der Waals surface area contributed by atoms with Gasteiger partial charge in [0, 0.05) is 10.3 Å². The zero-order chi connectivity index (χ0) is 8.39. The van der Waals surface area contributed by atoms with E-state index >= 15 is 0 Å². The predicted molar refractivity (Wildman–Crippen MR) is 54.9 cm³/mol. The Labute approximate surface area is 79.4 Å². The number of hydrogen-bond acceptors (Lipinski definition) is 3. The molecule has 12 heavy (non-hydrogen) atoms. The summed E-state index contributed by atoms with van der Waals surface area (Å²) in [6, 6.07) is 0. The Balaban J connectivity index is 2.29. The quantitative estimate of drug-likeness (QED) is 0.677. The molecule has 1 heterocycles. The first kappa shape index (κ1) is 8.20. The fraction of sp³-hybridized carbons (Fsp3) is 0.444. The summed E-state index contributed by atoms with van der Waals surface area (Å²) in [6.45, 7) is 0. The fourth-order valence-corrected chi connectivity index (χ4v) is 3.24. The monoisotopic (exact) mass is 198 g/mol. The van der Waals surface area contributed by atoms with Gasteiger partial charge in [0.1, 0.15) is 0 Å². The molecule has 2 rings (SSSR count). The Morgan fingerprint density at radius 2 is 2.25 bits per heavy atom. The predicted octanol–water partition coefficient (Wildman–Crippen LogP) is 3.13. The van der Waals surface area contributed by atoms with Gasteiger partial charge >= 0.3 is 0 Å². The van der Waals surface area contributed by atoms with Gasteiger partial charge in [0.05, 0.1) is 0 Å². The molecule has 1 aliphatic carbocycles. The minimum Gasteiger partial charge on any atom is -0.265 e. The maximum absolute atomic E-state index is 10.9. The summed E-state index contributed by atoms with van der Waals surface area (Å²) in [5.74, 6) is 0. The third-order valence-electron chi connectivity index (χ3n) is 2.06. The molecule has 0 saturated carbocycles. The zero-order valence-electron chi connectivity index (χ0n) is 6.71. The molecular weight excluding hydrogens is 188 g/mol. The molecule has 0 bridgehead atoms. The van der Waals surface area contributed by atoms with Gasteiger partial charge in [-0.15, -0.1) is 0 Å². The van der Waals surface area contributed by atoms with E-state index in [0.717, 1.165) is 6.42 Å². The SMILES string of the molecule is O=c1scc(C2=CCCCC2)s1. The lowest BCUT2D eigenvalue weighted by molar-refractivity contribution is 0.743. The van der Waals surface area contributed by atoms with E-state index in [1.807, 2.05) is 5.38 Å². The molecule has 0 aliphatic heterocycles. The third kappa shape index (κ3) is 1.67. The lowest BCUT2D eigenvalue weighted by atomic mass is 9.99. The number of rotatable bonds is 1. The van der Waals surface area contributed by atoms with Gasteiger partial charge in [0.25, 0.3) is 4.06 Å². The van der Waals surface area contributed by atoms with Crippen LogP contribution in [0.5, 0.6) is 0 Å². The van der Waals surface area contributed by atoms with Crippen LogP contribution in [0.3, 0.4) is 0 Å². The van der Waals surface area contributed by atoms with E-state index < -0.39 is 0 Å². The zero-order valence-corrected chi connectivity index (χ0v) is 8.34. The highest BCUT2D eigenvalue weighted by Crippen LogP contribution is 2.28. The third-order valence-corrected chi connectivity index (χ3v) is 4.06. The summed E-state index contributed by atoms with van der Waals surface area (Å²) in [6.07, 6.45) is 7.21. The second-order valence-electron chi connectivity index (χ2n) is 2.93. The first-order valence-electron chi connectivity index (χ1n) is 4.14. The van der Waals surface area contributed by atoms with Crippen molar-refractivity contribution in [3.8, 4) is 0 Å². The number of allylic oxidation sites excluding steroid dienone is 2. The molecule has 3 heteroatoms. The van der Waals surface area contributed by atoms with Crippen LogP contribution in [0.25, 0.3) is 5.57 Å². The maximum Gasteiger partial charge on any atom is 0.287 e. The van der Waals surface area contributed by atoms with Crippen LogP contribution in [-0.2, 0) is 0 Å². The minimum absolute atomic E-state index is 0.219. The summed E-state index contributed by atoms with van der Waals surface area (Å²) in [5, 5.41) is 1.99. The van der Waals surface area contributed by atoms with Gasteiger partial charge in [-0.05, 0) is 31.3 Å². The van der Waals surface area contributed by atoms with Gasteiger partial charge in [-0.2, -0.15) is 0 Å². The average molecular weight is 198 g/mol. The molecular formula is C9H10OS2. The second-order valence-corrected chi connectivity index (χ2v) is 5.04. The lowest BCUT2D eigenvalue weighted by Gasteiger charge is -2.09. The van der Waals surface area contributed by atoms with Crippen LogP contribution in [0.15, 0.2) is 16.3 Å². The Morgan fingerprint density at radius 3 is 2.83 bits per heavy atom. The van der Waals surface area contributed by atoms with Crippen molar-refractivity contribution in [2.45, 2.75) is 25.7 Å². The molecule has 1 aromatic heterocycles. The minimum atomic E-state index is 0.219. The topological polar surface area (TPSA) is 17.1 Å². The molecule has 1 nitrogen and oxygen atoms in total.